The van der Waals surface area contributed by atoms with Gasteiger partial charge in [0, 0.05) is 30.2 Å². The summed E-state index contributed by atoms with van der Waals surface area (Å²) >= 11 is 5.90. The molecule has 3 N–H and O–H groups in total. The van der Waals surface area contributed by atoms with Gasteiger partial charge in [-0.2, -0.15) is 0 Å². The Labute approximate surface area is 131 Å². The molecule has 116 valence electrons. The van der Waals surface area contributed by atoms with E-state index in [1.54, 1.807) is 0 Å². The zero-order valence-corrected chi connectivity index (χ0v) is 13.3. The van der Waals surface area contributed by atoms with Crippen molar-refractivity contribution in [2.24, 2.45) is 5.73 Å². The van der Waals surface area contributed by atoms with Gasteiger partial charge in [-0.1, -0.05) is 23.7 Å². The lowest BCUT2D eigenvalue weighted by atomic mass is 10.0. The van der Waals surface area contributed by atoms with Gasteiger partial charge < -0.3 is 11.1 Å². The molecule has 1 atom stereocenters. The van der Waals surface area contributed by atoms with Crippen molar-refractivity contribution in [3.8, 4) is 0 Å². The monoisotopic (exact) mass is 309 g/mol. The summed E-state index contributed by atoms with van der Waals surface area (Å²) in [5.41, 5.74) is 6.53. The number of rotatable bonds is 6. The molecule has 0 radical (unpaired) electrons. The van der Waals surface area contributed by atoms with Gasteiger partial charge in [0.25, 0.3) is 0 Å². The van der Waals surface area contributed by atoms with E-state index in [0.717, 1.165) is 37.4 Å². The summed E-state index contributed by atoms with van der Waals surface area (Å²) < 4.78 is 0. The molecule has 1 aliphatic heterocycles. The highest BCUT2D eigenvalue weighted by atomic mass is 35.5. The van der Waals surface area contributed by atoms with Gasteiger partial charge in [-0.05, 0) is 43.9 Å². The highest BCUT2D eigenvalue weighted by Gasteiger charge is 2.21. The van der Waals surface area contributed by atoms with Crippen LogP contribution < -0.4 is 11.1 Å². The first-order valence-electron chi connectivity index (χ1n) is 7.54. The molecule has 21 heavy (non-hydrogen) atoms. The van der Waals surface area contributed by atoms with Crippen molar-refractivity contribution >= 4 is 17.5 Å². The first-order chi connectivity index (χ1) is 10.0. The molecular formula is C16H24ClN3O. The SMILES string of the molecule is C[C@H](Cc1ccc(Cl)cc1)NC1CCN(CC(N)=O)CC1. The number of likely N-dealkylation sites (tertiary alicyclic amines) is 1. The number of hydrogen-bond donors (Lipinski definition) is 2. The molecule has 1 aromatic carbocycles. The van der Waals surface area contributed by atoms with Gasteiger partial charge in [0.1, 0.15) is 0 Å². The predicted octanol–water partition coefficient (Wildman–Crippen LogP) is 1.81. The zero-order chi connectivity index (χ0) is 15.2. The van der Waals surface area contributed by atoms with Crippen LogP contribution in [0.4, 0.5) is 0 Å². The second-order valence-electron chi connectivity index (χ2n) is 5.92. The quantitative estimate of drug-likeness (QED) is 0.842. The second-order valence-corrected chi connectivity index (χ2v) is 6.35. The van der Waals surface area contributed by atoms with E-state index in [9.17, 15) is 4.79 Å². The number of nitrogens with one attached hydrogen (secondary N) is 1. The van der Waals surface area contributed by atoms with Crippen LogP contribution in [0.2, 0.25) is 5.02 Å². The highest BCUT2D eigenvalue weighted by molar-refractivity contribution is 6.30. The maximum absolute atomic E-state index is 10.9. The number of carbonyl (C=O) groups excluding carboxylic acids is 1. The fourth-order valence-electron chi connectivity index (χ4n) is 2.91. The Hall–Kier alpha value is -1.10. The van der Waals surface area contributed by atoms with Crippen molar-refractivity contribution in [1.82, 2.24) is 10.2 Å². The number of carbonyl (C=O) groups is 1. The van der Waals surface area contributed by atoms with Crippen LogP contribution >= 0.6 is 11.6 Å². The van der Waals surface area contributed by atoms with E-state index in [-0.39, 0.29) is 5.91 Å². The Balaban J connectivity index is 1.72. The van der Waals surface area contributed by atoms with Crippen LogP contribution in [0.25, 0.3) is 0 Å². The smallest absolute Gasteiger partial charge is 0.231 e. The molecule has 0 aliphatic carbocycles. The Morgan fingerprint density at radius 3 is 2.57 bits per heavy atom. The normalized spacial score (nSPS) is 18.6. The van der Waals surface area contributed by atoms with Crippen LogP contribution in [-0.2, 0) is 11.2 Å². The summed E-state index contributed by atoms with van der Waals surface area (Å²) in [6.07, 6.45) is 3.13. The number of primary amides is 1. The van der Waals surface area contributed by atoms with Crippen LogP contribution in [0.5, 0.6) is 0 Å². The molecule has 1 amide bonds. The van der Waals surface area contributed by atoms with Crippen LogP contribution in [0.3, 0.4) is 0 Å². The molecule has 0 unspecified atom stereocenters. The van der Waals surface area contributed by atoms with E-state index in [0.29, 0.717) is 18.6 Å². The summed E-state index contributed by atoms with van der Waals surface area (Å²) in [6, 6.07) is 8.99. The van der Waals surface area contributed by atoms with E-state index in [1.807, 2.05) is 12.1 Å². The van der Waals surface area contributed by atoms with E-state index >= 15 is 0 Å². The first-order valence-corrected chi connectivity index (χ1v) is 7.92. The van der Waals surface area contributed by atoms with Gasteiger partial charge in [-0.25, -0.2) is 0 Å². The minimum atomic E-state index is -0.238. The highest BCUT2D eigenvalue weighted by Crippen LogP contribution is 2.14. The Morgan fingerprint density at radius 2 is 2.00 bits per heavy atom. The largest absolute Gasteiger partial charge is 0.369 e. The molecule has 1 aliphatic rings. The molecule has 0 saturated carbocycles. The maximum Gasteiger partial charge on any atom is 0.231 e. The van der Waals surface area contributed by atoms with Gasteiger partial charge in [-0.15, -0.1) is 0 Å². The lowest BCUT2D eigenvalue weighted by molar-refractivity contribution is -0.119. The van der Waals surface area contributed by atoms with Crippen molar-refractivity contribution in [3.05, 3.63) is 34.9 Å². The number of benzene rings is 1. The zero-order valence-electron chi connectivity index (χ0n) is 12.5. The first kappa shape index (κ1) is 16.3. The molecule has 1 heterocycles. The van der Waals surface area contributed by atoms with Crippen molar-refractivity contribution in [3.63, 3.8) is 0 Å². The minimum Gasteiger partial charge on any atom is -0.369 e. The maximum atomic E-state index is 10.9. The third-order valence-corrected chi connectivity index (χ3v) is 4.19. The van der Waals surface area contributed by atoms with E-state index < -0.39 is 0 Å². The predicted molar refractivity (Wildman–Crippen MR) is 86.4 cm³/mol. The molecule has 0 bridgehead atoms. The summed E-state index contributed by atoms with van der Waals surface area (Å²) in [5.74, 6) is -0.238. The fraction of sp³-hybridized carbons (Fsp3) is 0.562. The number of amides is 1. The van der Waals surface area contributed by atoms with Gasteiger partial charge in [0.15, 0.2) is 0 Å². The molecule has 2 rings (SSSR count). The molecule has 1 fully saturated rings. The molecule has 0 spiro atoms. The van der Waals surface area contributed by atoms with Crippen LogP contribution in [0.1, 0.15) is 25.3 Å². The summed E-state index contributed by atoms with van der Waals surface area (Å²) in [6.45, 7) is 4.47. The topological polar surface area (TPSA) is 58.4 Å². The molecule has 1 aromatic rings. The van der Waals surface area contributed by atoms with Crippen molar-refractivity contribution in [1.29, 1.82) is 0 Å². The van der Waals surface area contributed by atoms with Gasteiger partial charge in [0.2, 0.25) is 5.91 Å². The number of piperidine rings is 1. The van der Waals surface area contributed by atoms with E-state index in [1.165, 1.54) is 5.56 Å². The fourth-order valence-corrected chi connectivity index (χ4v) is 3.04. The van der Waals surface area contributed by atoms with Crippen molar-refractivity contribution < 1.29 is 4.79 Å². The van der Waals surface area contributed by atoms with Crippen molar-refractivity contribution in [2.75, 3.05) is 19.6 Å². The minimum absolute atomic E-state index is 0.238. The Bertz CT molecular complexity index is 455. The average Bonchev–Trinajstić information content (AvgIpc) is 2.43. The lowest BCUT2D eigenvalue weighted by Crippen LogP contribution is -2.47. The van der Waals surface area contributed by atoms with Crippen LogP contribution in [-0.4, -0.2) is 42.5 Å². The number of nitrogens with two attached hydrogens (primary N) is 1. The third-order valence-electron chi connectivity index (χ3n) is 3.94. The number of hydrogen-bond acceptors (Lipinski definition) is 3. The summed E-state index contributed by atoms with van der Waals surface area (Å²) in [7, 11) is 0. The second kappa shape index (κ2) is 7.78. The number of halogens is 1. The standard InChI is InChI=1S/C16H24ClN3O/c1-12(10-13-2-4-14(17)5-3-13)19-15-6-8-20(9-7-15)11-16(18)21/h2-5,12,15,19H,6-11H2,1H3,(H2,18,21)/t12-/m1/s1. The van der Waals surface area contributed by atoms with Gasteiger partial charge in [0.05, 0.1) is 6.54 Å². The summed E-state index contributed by atoms with van der Waals surface area (Å²) in [4.78, 5) is 13.0. The molecule has 1 saturated heterocycles. The number of nitrogens with zero attached hydrogens (tertiary/aromatic N) is 1. The Kier molecular flexibility index (Phi) is 6.03. The molecule has 5 heteroatoms. The van der Waals surface area contributed by atoms with Gasteiger partial charge >= 0.3 is 0 Å². The molecule has 0 aromatic heterocycles. The van der Waals surface area contributed by atoms with Crippen LogP contribution in [0.15, 0.2) is 24.3 Å². The lowest BCUT2D eigenvalue weighted by Gasteiger charge is -2.33. The van der Waals surface area contributed by atoms with E-state index in [4.69, 9.17) is 17.3 Å². The van der Waals surface area contributed by atoms with Crippen molar-refractivity contribution in [2.45, 2.75) is 38.3 Å². The molecular weight excluding hydrogens is 286 g/mol. The van der Waals surface area contributed by atoms with Gasteiger partial charge in [-0.3, -0.25) is 9.69 Å². The molecule has 4 nitrogen and oxygen atoms in total. The van der Waals surface area contributed by atoms with Crippen LogP contribution in [0, 0.1) is 0 Å². The average molecular weight is 310 g/mol. The Morgan fingerprint density at radius 1 is 1.38 bits per heavy atom. The third kappa shape index (κ3) is 5.65. The summed E-state index contributed by atoms with van der Waals surface area (Å²) in [5, 5.41) is 4.46. The van der Waals surface area contributed by atoms with E-state index in [2.05, 4.69) is 29.3 Å².